The third-order valence-electron chi connectivity index (χ3n) is 4.05. The van der Waals surface area contributed by atoms with E-state index in [0.29, 0.717) is 0 Å². The van der Waals surface area contributed by atoms with Crippen LogP contribution in [0.5, 0.6) is 0 Å². The van der Waals surface area contributed by atoms with Crippen LogP contribution in [0.3, 0.4) is 0 Å². The second kappa shape index (κ2) is 7.36. The molecule has 2 heteroatoms. The van der Waals surface area contributed by atoms with Gasteiger partial charge in [0.05, 0.1) is 0 Å². The molecule has 0 saturated heterocycles. The minimum absolute atomic E-state index is 0. The first-order valence-corrected chi connectivity index (χ1v) is 14.1. The van der Waals surface area contributed by atoms with Crippen molar-refractivity contribution >= 4 is 29.1 Å². The fraction of sp³-hybridized carbons (Fsp3) is 0.0526. The first-order valence-electron chi connectivity index (χ1n) is 6.98. The molecule has 3 aromatic carbocycles. The summed E-state index contributed by atoms with van der Waals surface area (Å²) in [5.74, 6) is 0. The van der Waals surface area contributed by atoms with Crippen LogP contribution in [0.25, 0.3) is 0 Å². The molecule has 0 unspecified atom stereocenters. The summed E-state index contributed by atoms with van der Waals surface area (Å²) in [5, 5.41) is 0. The Kier molecular flexibility index (Phi) is 5.76. The van der Waals surface area contributed by atoms with Crippen LogP contribution in [-0.4, -0.2) is 18.4 Å². The van der Waals surface area contributed by atoms with Crippen LogP contribution in [0.1, 0.15) is 1.43 Å². The topological polar surface area (TPSA) is 0 Å². The molecule has 100 valence electrons. The summed E-state index contributed by atoms with van der Waals surface area (Å²) in [6.45, 7) is 0. The molecule has 0 radical (unpaired) electrons. The van der Waals surface area contributed by atoms with Gasteiger partial charge < -0.3 is 1.43 Å². The summed E-state index contributed by atoms with van der Waals surface area (Å²) >= 11 is -2.78. The Bertz CT molecular complexity index is 575. The maximum atomic E-state index is 2.51. The van der Waals surface area contributed by atoms with E-state index in [9.17, 15) is 0 Å². The van der Waals surface area contributed by atoms with E-state index in [2.05, 4.69) is 95.9 Å². The van der Waals surface area contributed by atoms with Crippen LogP contribution in [0.15, 0.2) is 91.0 Å². The molecule has 21 heavy (non-hydrogen) atoms. The Morgan fingerprint density at radius 2 is 0.762 bits per heavy atom. The van der Waals surface area contributed by atoms with Crippen molar-refractivity contribution in [1.29, 1.82) is 0 Å². The summed E-state index contributed by atoms with van der Waals surface area (Å²) in [5.41, 5.74) is 0. The molecule has 0 amide bonds. The molecule has 0 atom stereocenters. The molecule has 0 aliphatic heterocycles. The molecule has 0 aromatic heterocycles. The predicted octanol–water partition coefficient (Wildman–Crippen LogP) is -0.0969. The van der Waals surface area contributed by atoms with Gasteiger partial charge in [0.2, 0.25) is 0 Å². The van der Waals surface area contributed by atoms with Crippen LogP contribution in [0.2, 0.25) is 4.94 Å². The van der Waals surface area contributed by atoms with Crippen LogP contribution in [0.4, 0.5) is 0 Å². The number of rotatable bonds is 3. The van der Waals surface area contributed by atoms with Gasteiger partial charge >= 0.3 is 144 Å². The van der Waals surface area contributed by atoms with E-state index >= 15 is 0 Å². The molecule has 0 nitrogen and oxygen atoms in total. The van der Waals surface area contributed by atoms with Crippen molar-refractivity contribution in [2.24, 2.45) is 0 Å². The summed E-state index contributed by atoms with van der Waals surface area (Å²) in [7, 11) is 0. The molecule has 0 aliphatic rings. The molecule has 0 N–H and O–H groups in total. The van der Waals surface area contributed by atoms with E-state index in [0.717, 1.165) is 0 Å². The van der Waals surface area contributed by atoms with Crippen LogP contribution in [-0.2, 0) is 0 Å². The van der Waals surface area contributed by atoms with Crippen LogP contribution in [0, 0.1) is 0 Å². The van der Waals surface area contributed by atoms with E-state index in [-0.39, 0.29) is 20.3 Å². The van der Waals surface area contributed by atoms with Gasteiger partial charge in [0, 0.05) is 0 Å². The summed E-state index contributed by atoms with van der Waals surface area (Å²) in [4.78, 5) is 2.51. The largest absolute Gasteiger partial charge is 1.00 e. The van der Waals surface area contributed by atoms with Crippen molar-refractivity contribution < 1.29 is 20.3 Å². The molecule has 3 aromatic rings. The van der Waals surface area contributed by atoms with Crippen molar-refractivity contribution in [3.63, 3.8) is 0 Å². The Morgan fingerprint density at radius 3 is 1.00 bits per heavy atom. The summed E-state index contributed by atoms with van der Waals surface area (Å²) in [6.07, 6.45) is 0. The molecule has 0 bridgehead atoms. The van der Waals surface area contributed by atoms with Gasteiger partial charge in [0.1, 0.15) is 0 Å². The van der Waals surface area contributed by atoms with Crippen molar-refractivity contribution in [2.45, 2.75) is 4.94 Å². The minimum Gasteiger partial charge on any atom is -1.00 e. The summed E-state index contributed by atoms with van der Waals surface area (Å²) < 4.78 is 4.58. The van der Waals surface area contributed by atoms with Gasteiger partial charge in [-0.05, 0) is 0 Å². The first kappa shape index (κ1) is 16.4. The molecule has 0 aliphatic carbocycles. The fourth-order valence-corrected chi connectivity index (χ4v) is 13.0. The Morgan fingerprint density at radius 1 is 0.524 bits per heavy atom. The van der Waals surface area contributed by atoms with Crippen molar-refractivity contribution in [3.8, 4) is 0 Å². The fourth-order valence-electron chi connectivity index (χ4n) is 2.81. The molecular weight excluding hydrogens is 354 g/mol. The van der Waals surface area contributed by atoms with Crippen LogP contribution >= 0.6 is 0 Å². The quantitative estimate of drug-likeness (QED) is 0.563. The van der Waals surface area contributed by atoms with Crippen molar-refractivity contribution in [3.05, 3.63) is 91.0 Å². The summed E-state index contributed by atoms with van der Waals surface area (Å²) in [6, 6.07) is 33.1. The van der Waals surface area contributed by atoms with Gasteiger partial charge in [-0.3, -0.25) is 0 Å². The molecule has 3 rings (SSSR count). The standard InChI is InChI=1S/3C6H5.CH3.Li.Sn.H/c3*1-2-4-6-5-3-1;;;;/h3*1-5H;1H3;;;/q;;;;+1;;-1. The molecule has 0 fully saturated rings. The smallest absolute Gasteiger partial charge is 1.00 e. The van der Waals surface area contributed by atoms with Crippen molar-refractivity contribution in [2.75, 3.05) is 0 Å². The van der Waals surface area contributed by atoms with E-state index in [1.165, 1.54) is 10.7 Å². The zero-order chi connectivity index (χ0) is 13.8. The monoisotopic (exact) mass is 374 g/mol. The second-order valence-corrected chi connectivity index (χ2v) is 16.6. The van der Waals surface area contributed by atoms with Gasteiger partial charge in [0.15, 0.2) is 0 Å². The first-order chi connectivity index (χ1) is 9.82. The van der Waals surface area contributed by atoms with Gasteiger partial charge in [-0.1, -0.05) is 0 Å². The third-order valence-corrected chi connectivity index (χ3v) is 16.8. The SMILES string of the molecule is [CH3][Sn]([c]1ccccc1)([c]1ccccc1)[c]1ccccc1.[H-].[Li+]. The van der Waals surface area contributed by atoms with Crippen LogP contribution < -0.4 is 29.6 Å². The molecule has 0 spiro atoms. The van der Waals surface area contributed by atoms with Gasteiger partial charge in [0.25, 0.3) is 0 Å². The third kappa shape index (κ3) is 3.29. The maximum absolute atomic E-state index is 2.78. The average molecular weight is 373 g/mol. The Hall–Kier alpha value is -0.944. The number of hydrogen-bond donors (Lipinski definition) is 0. The second-order valence-electron chi connectivity index (χ2n) is 5.22. The van der Waals surface area contributed by atoms with E-state index < -0.39 is 18.4 Å². The Labute approximate surface area is 144 Å². The Balaban J connectivity index is 0.00000121. The van der Waals surface area contributed by atoms with Gasteiger partial charge in [-0.2, -0.15) is 0 Å². The molecule has 0 saturated carbocycles. The maximum Gasteiger partial charge on any atom is 1.00 e. The van der Waals surface area contributed by atoms with Crippen molar-refractivity contribution in [1.82, 2.24) is 0 Å². The van der Waals surface area contributed by atoms with Gasteiger partial charge in [-0.25, -0.2) is 0 Å². The van der Waals surface area contributed by atoms with Gasteiger partial charge in [-0.15, -0.1) is 0 Å². The number of benzene rings is 3. The average Bonchev–Trinajstić information content (AvgIpc) is 2.56. The van der Waals surface area contributed by atoms with E-state index in [1.807, 2.05) is 0 Å². The minimum atomic E-state index is -2.78. The predicted molar refractivity (Wildman–Crippen MR) is 91.0 cm³/mol. The molecule has 0 heterocycles. The number of hydrogen-bond acceptors (Lipinski definition) is 0. The zero-order valence-corrected chi connectivity index (χ0v) is 15.5. The zero-order valence-electron chi connectivity index (χ0n) is 13.7. The van der Waals surface area contributed by atoms with E-state index in [4.69, 9.17) is 0 Å². The van der Waals surface area contributed by atoms with E-state index in [1.54, 1.807) is 0 Å². The molecular formula is C19H19LiSn. The normalized spacial score (nSPS) is 10.7.